The molecule has 55 heavy (non-hydrogen) atoms. The smallest absolute Gasteiger partial charge is 0.224 e. The van der Waals surface area contributed by atoms with Crippen molar-refractivity contribution in [3.63, 3.8) is 0 Å². The predicted molar refractivity (Wildman–Crippen MR) is 234 cm³/mol. The van der Waals surface area contributed by atoms with Crippen molar-refractivity contribution < 1.29 is 23.7 Å². The van der Waals surface area contributed by atoms with E-state index in [9.17, 15) is 4.79 Å². The van der Waals surface area contributed by atoms with E-state index in [1.807, 2.05) is 36.4 Å². The summed E-state index contributed by atoms with van der Waals surface area (Å²) < 4.78 is 25.5. The maximum atomic E-state index is 12.6. The lowest BCUT2D eigenvalue weighted by atomic mass is 9.95. The molecule has 7 heteroatoms. The fourth-order valence-corrected chi connectivity index (χ4v) is 7.12. The molecule has 1 fully saturated rings. The van der Waals surface area contributed by atoms with Crippen LogP contribution in [0.15, 0.2) is 36.4 Å². The summed E-state index contributed by atoms with van der Waals surface area (Å²) in [6.07, 6.45) is 25.5. The number of carbonyl (C=O) groups excluding carboxylic acids is 1. The topological polar surface area (TPSA) is 66.0 Å². The summed E-state index contributed by atoms with van der Waals surface area (Å²) in [6.45, 7) is 11.3. The maximum absolute atomic E-state index is 12.6. The highest BCUT2D eigenvalue weighted by Gasteiger charge is 2.31. The number of halogens is 1. The Morgan fingerprint density at radius 2 is 1.20 bits per heavy atom. The molecule has 0 aromatic heterocycles. The molecule has 3 rings (SSSR count). The second-order valence-corrected chi connectivity index (χ2v) is 17.0. The number of unbranched alkanes of at least 4 members (excludes halogenated alkanes) is 18. The molecule has 0 bridgehead atoms. The third-order valence-corrected chi connectivity index (χ3v) is 10.7. The predicted octanol–water partition coefficient (Wildman–Crippen LogP) is 13.9. The first-order valence-corrected chi connectivity index (χ1v) is 23.1. The van der Waals surface area contributed by atoms with E-state index < -0.39 is 6.29 Å². The van der Waals surface area contributed by atoms with Crippen LogP contribution in [-0.4, -0.2) is 37.7 Å². The number of hydrogen-bond donors (Lipinski definition) is 1. The average molecular weight is 825 g/mol. The first-order valence-electron chi connectivity index (χ1n) is 22.0. The van der Waals surface area contributed by atoms with Crippen molar-refractivity contribution in [2.45, 2.75) is 175 Å². The van der Waals surface area contributed by atoms with Gasteiger partial charge in [0.2, 0.25) is 5.91 Å². The van der Waals surface area contributed by atoms with E-state index in [0.29, 0.717) is 32.8 Å². The zero-order chi connectivity index (χ0) is 39.4. The van der Waals surface area contributed by atoms with Gasteiger partial charge in [0, 0.05) is 34.5 Å². The largest absolute Gasteiger partial charge is 0.493 e. The molecule has 0 saturated carbocycles. The van der Waals surface area contributed by atoms with Crippen LogP contribution in [0.1, 0.15) is 192 Å². The average Bonchev–Trinajstić information content (AvgIpc) is 3.18. The van der Waals surface area contributed by atoms with Crippen LogP contribution in [0, 0.1) is 17.3 Å². The Bertz CT molecular complexity index is 1370. The fourth-order valence-electron chi connectivity index (χ4n) is 6.72. The van der Waals surface area contributed by atoms with Crippen LogP contribution in [0.25, 0.3) is 0 Å². The number of amides is 1. The molecule has 1 aliphatic heterocycles. The molecule has 1 amide bonds. The minimum absolute atomic E-state index is 0.0391. The number of ether oxygens (including phenoxy) is 4. The van der Waals surface area contributed by atoms with Gasteiger partial charge in [-0.2, -0.15) is 0 Å². The molecule has 0 aliphatic carbocycles. The summed E-state index contributed by atoms with van der Waals surface area (Å²) in [6, 6.07) is 11.9. The zero-order valence-electron chi connectivity index (χ0n) is 35.1. The van der Waals surface area contributed by atoms with E-state index in [-0.39, 0.29) is 11.3 Å². The van der Waals surface area contributed by atoms with Crippen molar-refractivity contribution in [3.8, 4) is 23.3 Å². The lowest BCUT2D eigenvalue weighted by molar-refractivity contribution is -0.226. The number of anilines is 1. The quantitative estimate of drug-likeness (QED) is 0.0503. The van der Waals surface area contributed by atoms with Gasteiger partial charge in [-0.25, -0.2) is 0 Å². The highest BCUT2D eigenvalue weighted by Crippen LogP contribution is 2.39. The van der Waals surface area contributed by atoms with E-state index in [2.05, 4.69) is 60.8 Å². The van der Waals surface area contributed by atoms with Gasteiger partial charge in [0.15, 0.2) is 6.29 Å². The highest BCUT2D eigenvalue weighted by molar-refractivity contribution is 9.09. The molecule has 6 nitrogen and oxygen atoms in total. The number of benzene rings is 2. The summed E-state index contributed by atoms with van der Waals surface area (Å²) in [5.41, 5.74) is 3.28. The van der Waals surface area contributed by atoms with Crippen molar-refractivity contribution in [2.24, 2.45) is 5.41 Å². The van der Waals surface area contributed by atoms with Gasteiger partial charge in [-0.15, -0.1) is 0 Å². The number of rotatable bonds is 29. The van der Waals surface area contributed by atoms with Gasteiger partial charge in [0.1, 0.15) is 11.5 Å². The Kier molecular flexibility index (Phi) is 24.5. The molecule has 0 atom stereocenters. The molecule has 2 aromatic carbocycles. The second-order valence-electron chi connectivity index (χ2n) is 16.2. The standard InChI is InChI=1S/C48H74BrNO5/c1-5-7-9-11-20-24-34-52-44-37-43(47-54-38-48(3,4)39-55-47)45(53-35-25-21-12-10-8-6-2)36-41(44)30-27-40-28-31-42(32-29-40)50-46(51)26-22-18-16-14-13-15-17-19-23-33-49/h28-29,31-32,36-37,47H,5-26,33-35,38-39H2,1-4H3,(H,50,51). The normalized spacial score (nSPS) is 14.0. The van der Waals surface area contributed by atoms with Crippen molar-refractivity contribution in [1.29, 1.82) is 0 Å². The van der Waals surface area contributed by atoms with Gasteiger partial charge in [0.05, 0.1) is 37.6 Å². The van der Waals surface area contributed by atoms with Crippen LogP contribution in [0.2, 0.25) is 0 Å². The molecular weight excluding hydrogens is 750 g/mol. The van der Waals surface area contributed by atoms with E-state index in [1.165, 1.54) is 96.3 Å². The highest BCUT2D eigenvalue weighted by atomic mass is 79.9. The summed E-state index contributed by atoms with van der Waals surface area (Å²) in [5, 5.41) is 4.18. The number of hydrogen-bond acceptors (Lipinski definition) is 5. The zero-order valence-corrected chi connectivity index (χ0v) is 36.6. The maximum Gasteiger partial charge on any atom is 0.224 e. The second kappa shape index (κ2) is 28.8. The van der Waals surface area contributed by atoms with Gasteiger partial charge in [-0.1, -0.05) is 165 Å². The van der Waals surface area contributed by atoms with E-state index in [4.69, 9.17) is 18.9 Å². The summed E-state index contributed by atoms with van der Waals surface area (Å²) in [7, 11) is 0. The monoisotopic (exact) mass is 823 g/mol. The minimum atomic E-state index is -0.516. The molecule has 2 aromatic rings. The molecule has 1 saturated heterocycles. The summed E-state index contributed by atoms with van der Waals surface area (Å²) in [5.74, 6) is 8.30. The number of alkyl halides is 1. The first kappa shape index (κ1) is 46.8. The molecule has 1 heterocycles. The first-order chi connectivity index (χ1) is 26.8. The van der Waals surface area contributed by atoms with E-state index >= 15 is 0 Å². The van der Waals surface area contributed by atoms with Crippen LogP contribution in [0.3, 0.4) is 0 Å². The van der Waals surface area contributed by atoms with Crippen LogP contribution in [0.5, 0.6) is 11.5 Å². The molecule has 1 aliphatic rings. The Morgan fingerprint density at radius 3 is 1.76 bits per heavy atom. The molecule has 0 unspecified atom stereocenters. The Morgan fingerprint density at radius 1 is 0.691 bits per heavy atom. The van der Waals surface area contributed by atoms with Crippen LogP contribution < -0.4 is 14.8 Å². The molecular formula is C48H74BrNO5. The van der Waals surface area contributed by atoms with Crippen LogP contribution >= 0.6 is 15.9 Å². The minimum Gasteiger partial charge on any atom is -0.493 e. The summed E-state index contributed by atoms with van der Waals surface area (Å²) >= 11 is 3.50. The van der Waals surface area contributed by atoms with Gasteiger partial charge in [0.25, 0.3) is 0 Å². The van der Waals surface area contributed by atoms with E-state index in [1.54, 1.807) is 0 Å². The molecule has 1 N–H and O–H groups in total. The van der Waals surface area contributed by atoms with Crippen LogP contribution in [0.4, 0.5) is 5.69 Å². The van der Waals surface area contributed by atoms with Gasteiger partial charge >= 0.3 is 0 Å². The number of carbonyl (C=O) groups is 1. The van der Waals surface area contributed by atoms with Gasteiger partial charge < -0.3 is 24.3 Å². The Balaban J connectivity index is 1.67. The fraction of sp³-hybridized carbons (Fsp3) is 0.688. The summed E-state index contributed by atoms with van der Waals surface area (Å²) in [4.78, 5) is 12.6. The molecule has 0 spiro atoms. The Labute approximate surface area is 344 Å². The third-order valence-electron chi connectivity index (χ3n) is 10.2. The molecule has 308 valence electrons. The van der Waals surface area contributed by atoms with Crippen molar-refractivity contribution >= 4 is 27.5 Å². The van der Waals surface area contributed by atoms with Crippen molar-refractivity contribution in [2.75, 3.05) is 37.1 Å². The van der Waals surface area contributed by atoms with Crippen LogP contribution in [-0.2, 0) is 14.3 Å². The molecule has 0 radical (unpaired) electrons. The third kappa shape index (κ3) is 20.5. The lowest BCUT2D eigenvalue weighted by Gasteiger charge is -2.35. The van der Waals surface area contributed by atoms with Crippen molar-refractivity contribution in [1.82, 2.24) is 0 Å². The Hall–Kier alpha value is -2.53. The van der Waals surface area contributed by atoms with Crippen molar-refractivity contribution in [3.05, 3.63) is 53.1 Å². The van der Waals surface area contributed by atoms with E-state index in [0.717, 1.165) is 77.7 Å². The number of nitrogens with one attached hydrogen (secondary N) is 1. The van der Waals surface area contributed by atoms with Gasteiger partial charge in [-0.3, -0.25) is 4.79 Å². The van der Waals surface area contributed by atoms with Gasteiger partial charge in [-0.05, 0) is 56.0 Å². The SMILES string of the molecule is CCCCCCCCOc1cc(C2OCC(C)(C)CO2)c(OCCCCCCCC)cc1C#Cc1ccc(NC(=O)CCCCCCCCCCCBr)cc1. The lowest BCUT2D eigenvalue weighted by Crippen LogP contribution is -2.34.